The van der Waals surface area contributed by atoms with Gasteiger partial charge in [0.25, 0.3) is 0 Å². The van der Waals surface area contributed by atoms with Gasteiger partial charge in [0.05, 0.1) is 5.56 Å². The molecular weight excluding hydrogens is 234 g/mol. The number of benzene rings is 1. The molecule has 1 aromatic rings. The number of hydrogen-bond acceptors (Lipinski definition) is 5. The number of nitrogens with zero attached hydrogens (tertiary/aromatic N) is 1. The zero-order chi connectivity index (χ0) is 11.7. The molecule has 1 saturated heterocycles. The Hall–Kier alpha value is -0.876. The van der Waals surface area contributed by atoms with E-state index in [0.29, 0.717) is 11.8 Å². The van der Waals surface area contributed by atoms with Crippen LogP contribution in [0.1, 0.15) is 10.4 Å². The Morgan fingerprint density at radius 1 is 1.27 bits per heavy atom. The van der Waals surface area contributed by atoms with Crippen molar-refractivity contribution in [2.45, 2.75) is 0 Å². The first-order valence-corrected chi connectivity index (χ1v) is 4.75. The number of carbonyl (C=O) groups excluding carboxylic acids is 1. The molecule has 0 saturated carbocycles. The van der Waals surface area contributed by atoms with Crippen molar-refractivity contribution in [3.8, 4) is 5.75 Å². The SMILES string of the molecule is O=Cc1ccccc1O.ON1CC1.[O]=[Ti]. The van der Waals surface area contributed by atoms with Crippen LogP contribution in [0.25, 0.3) is 0 Å². The summed E-state index contributed by atoms with van der Waals surface area (Å²) < 4.78 is 8.25. The molecule has 1 aliphatic heterocycles. The molecular formula is C9H11NO4Ti. The molecule has 0 amide bonds. The quantitative estimate of drug-likeness (QED) is 0.434. The first-order valence-electron chi connectivity index (χ1n) is 4.11. The fourth-order valence-corrected chi connectivity index (χ4v) is 0.632. The molecule has 6 heteroatoms. The number of aromatic hydroxyl groups is 1. The molecule has 1 fully saturated rings. The second kappa shape index (κ2) is 8.43. The molecule has 1 aromatic carbocycles. The number of rotatable bonds is 1. The Bertz CT molecular complexity index is 304. The van der Waals surface area contributed by atoms with Crippen molar-refractivity contribution in [2.75, 3.05) is 13.1 Å². The van der Waals surface area contributed by atoms with E-state index in [9.17, 15) is 4.79 Å². The molecule has 0 bridgehead atoms. The maximum absolute atomic E-state index is 10.1. The van der Waals surface area contributed by atoms with Crippen LogP contribution in [0.15, 0.2) is 24.3 Å². The van der Waals surface area contributed by atoms with Gasteiger partial charge in [-0.15, -0.1) is 0 Å². The second-order valence-electron chi connectivity index (χ2n) is 2.63. The third-order valence-corrected chi connectivity index (χ3v) is 1.49. The van der Waals surface area contributed by atoms with E-state index in [2.05, 4.69) is 0 Å². The van der Waals surface area contributed by atoms with Crippen molar-refractivity contribution in [1.82, 2.24) is 5.06 Å². The summed E-state index contributed by atoms with van der Waals surface area (Å²) in [5.41, 5.74) is 0.331. The van der Waals surface area contributed by atoms with E-state index in [0.717, 1.165) is 33.5 Å². The van der Waals surface area contributed by atoms with Gasteiger partial charge in [-0.2, -0.15) is 5.06 Å². The van der Waals surface area contributed by atoms with E-state index in [1.807, 2.05) is 0 Å². The zero-order valence-corrected chi connectivity index (χ0v) is 9.52. The molecule has 1 heterocycles. The van der Waals surface area contributed by atoms with Gasteiger partial charge in [0.2, 0.25) is 0 Å². The van der Waals surface area contributed by atoms with E-state index in [1.54, 1.807) is 18.2 Å². The predicted octanol–water partition coefficient (Wildman–Crippen LogP) is 0.775. The van der Waals surface area contributed by atoms with Crippen LogP contribution in [0, 0.1) is 0 Å². The van der Waals surface area contributed by atoms with Crippen molar-refractivity contribution < 1.29 is 38.8 Å². The van der Waals surface area contributed by atoms with Gasteiger partial charge in [-0.25, -0.2) is 0 Å². The zero-order valence-electron chi connectivity index (χ0n) is 7.96. The van der Waals surface area contributed by atoms with Gasteiger partial charge >= 0.3 is 23.7 Å². The summed E-state index contributed by atoms with van der Waals surface area (Å²) in [5.74, 6) is 0.0347. The molecule has 15 heavy (non-hydrogen) atoms. The number of phenolic OH excluding ortho intramolecular Hbond substituents is 1. The van der Waals surface area contributed by atoms with Crippen molar-refractivity contribution in [3.05, 3.63) is 29.8 Å². The number of para-hydroxylation sites is 1. The molecule has 5 nitrogen and oxygen atoms in total. The summed E-state index contributed by atoms with van der Waals surface area (Å²) in [5, 5.41) is 18.1. The molecule has 2 rings (SSSR count). The molecule has 0 spiro atoms. The van der Waals surface area contributed by atoms with E-state index < -0.39 is 0 Å². The number of hydroxylamine groups is 2. The Balaban J connectivity index is 0.000000272. The normalized spacial score (nSPS) is 12.5. The Labute approximate surface area is 99.0 Å². The molecule has 0 atom stereocenters. The van der Waals surface area contributed by atoms with Crippen LogP contribution in [0.2, 0.25) is 0 Å². The number of aldehydes is 1. The van der Waals surface area contributed by atoms with Gasteiger partial charge in [0, 0.05) is 13.1 Å². The van der Waals surface area contributed by atoms with Crippen LogP contribution in [0.5, 0.6) is 5.75 Å². The van der Waals surface area contributed by atoms with Gasteiger partial charge in [-0.3, -0.25) is 4.79 Å². The van der Waals surface area contributed by atoms with Crippen LogP contribution < -0.4 is 0 Å². The predicted molar refractivity (Wildman–Crippen MR) is 47.5 cm³/mol. The van der Waals surface area contributed by atoms with Gasteiger partial charge in [0.15, 0.2) is 6.29 Å². The summed E-state index contributed by atoms with van der Waals surface area (Å²) in [7, 11) is 0. The molecule has 0 radical (unpaired) electrons. The number of carbonyl (C=O) groups is 1. The van der Waals surface area contributed by atoms with E-state index in [-0.39, 0.29) is 5.75 Å². The fourth-order valence-electron chi connectivity index (χ4n) is 0.632. The van der Waals surface area contributed by atoms with Crippen molar-refractivity contribution in [2.24, 2.45) is 0 Å². The van der Waals surface area contributed by atoms with Crippen molar-refractivity contribution in [3.63, 3.8) is 0 Å². The van der Waals surface area contributed by atoms with E-state index in [4.69, 9.17) is 13.6 Å². The number of phenols is 1. The average Bonchev–Trinajstić information content (AvgIpc) is 3.05. The first-order chi connectivity index (χ1) is 7.24. The van der Waals surface area contributed by atoms with Crippen LogP contribution in [0.4, 0.5) is 0 Å². The van der Waals surface area contributed by atoms with Gasteiger partial charge in [-0.1, -0.05) is 12.1 Å². The second-order valence-corrected chi connectivity index (χ2v) is 2.63. The van der Waals surface area contributed by atoms with Crippen LogP contribution >= 0.6 is 0 Å². The van der Waals surface area contributed by atoms with Crippen molar-refractivity contribution >= 4 is 6.29 Å². The Morgan fingerprint density at radius 3 is 2.00 bits per heavy atom. The van der Waals surface area contributed by atoms with Gasteiger partial charge in [0.1, 0.15) is 5.75 Å². The molecule has 80 valence electrons. The molecule has 0 aromatic heterocycles. The molecule has 2 N–H and O–H groups in total. The maximum atomic E-state index is 10.1. The molecule has 0 aliphatic carbocycles. The third-order valence-electron chi connectivity index (χ3n) is 1.49. The molecule has 1 aliphatic rings. The first kappa shape index (κ1) is 14.1. The minimum atomic E-state index is 0.0347. The van der Waals surface area contributed by atoms with Crippen molar-refractivity contribution in [1.29, 1.82) is 0 Å². The standard InChI is InChI=1S/C7H6O2.C2H5NO.O.Ti/c8-5-6-3-1-2-4-7(6)9;4-3-1-2-3;;/h1-5,9H;4H,1-2H2;;. The Kier molecular flexibility index (Phi) is 7.94. The van der Waals surface area contributed by atoms with Crippen LogP contribution in [-0.2, 0) is 23.7 Å². The topological polar surface area (TPSA) is 77.6 Å². The monoisotopic (exact) mass is 245 g/mol. The third kappa shape index (κ3) is 7.10. The average molecular weight is 245 g/mol. The number of hydrogen-bond donors (Lipinski definition) is 2. The fraction of sp³-hybridized carbons (Fsp3) is 0.222. The van der Waals surface area contributed by atoms with Gasteiger partial charge in [-0.05, 0) is 12.1 Å². The summed E-state index contributed by atoms with van der Waals surface area (Å²) in [6.07, 6.45) is 0.620. The summed E-state index contributed by atoms with van der Waals surface area (Å²) >= 11 is 0.750. The van der Waals surface area contributed by atoms with Gasteiger partial charge < -0.3 is 10.3 Å². The molecule has 0 unspecified atom stereocenters. The summed E-state index contributed by atoms with van der Waals surface area (Å²) in [6, 6.07) is 6.40. The summed E-state index contributed by atoms with van der Waals surface area (Å²) in [4.78, 5) is 10.1. The Morgan fingerprint density at radius 2 is 1.73 bits per heavy atom. The summed E-state index contributed by atoms with van der Waals surface area (Å²) in [6.45, 7) is 1.75. The van der Waals surface area contributed by atoms with E-state index in [1.165, 1.54) is 11.1 Å². The van der Waals surface area contributed by atoms with E-state index >= 15 is 0 Å². The van der Waals surface area contributed by atoms with Crippen LogP contribution in [0.3, 0.4) is 0 Å². The van der Waals surface area contributed by atoms with Crippen LogP contribution in [-0.4, -0.2) is 34.8 Å². The minimum absolute atomic E-state index is 0.0347.